The first-order valence-corrected chi connectivity index (χ1v) is 9.12. The van der Waals surface area contributed by atoms with Crippen LogP contribution in [-0.2, 0) is 0 Å². The van der Waals surface area contributed by atoms with E-state index in [1.54, 1.807) is 19.1 Å². The molecule has 0 spiro atoms. The molecule has 6 heteroatoms. The molecule has 1 saturated heterocycles. The van der Waals surface area contributed by atoms with Gasteiger partial charge in [0.25, 0.3) is 11.8 Å². The van der Waals surface area contributed by atoms with Gasteiger partial charge in [-0.15, -0.1) is 0 Å². The molecule has 4 rings (SSSR count). The van der Waals surface area contributed by atoms with Gasteiger partial charge in [-0.3, -0.25) is 9.59 Å². The van der Waals surface area contributed by atoms with Gasteiger partial charge in [0, 0.05) is 44.2 Å². The van der Waals surface area contributed by atoms with E-state index in [1.165, 1.54) is 0 Å². The first-order valence-electron chi connectivity index (χ1n) is 9.12. The van der Waals surface area contributed by atoms with Crippen LogP contribution in [0.4, 0.5) is 0 Å². The Hall–Kier alpha value is -3.15. The summed E-state index contributed by atoms with van der Waals surface area (Å²) in [6, 6.07) is 14.6. The van der Waals surface area contributed by atoms with Crippen LogP contribution < -0.4 is 0 Å². The zero-order valence-corrected chi connectivity index (χ0v) is 15.2. The number of amides is 2. The maximum atomic E-state index is 12.9. The summed E-state index contributed by atoms with van der Waals surface area (Å²) >= 11 is 0. The van der Waals surface area contributed by atoms with Gasteiger partial charge in [-0.05, 0) is 36.8 Å². The van der Waals surface area contributed by atoms with E-state index in [0.717, 1.165) is 11.9 Å². The molecule has 3 aromatic rings. The number of fused-ring (bicyclic) bond motifs is 1. The Morgan fingerprint density at radius 1 is 0.889 bits per heavy atom. The number of oxazole rings is 1. The Morgan fingerprint density at radius 3 is 2.26 bits per heavy atom. The summed E-state index contributed by atoms with van der Waals surface area (Å²) in [4.78, 5) is 33.5. The lowest BCUT2D eigenvalue weighted by Gasteiger charge is -2.22. The Balaban J connectivity index is 1.47. The number of carbonyl (C=O) groups excluding carboxylic acids is 2. The summed E-state index contributed by atoms with van der Waals surface area (Å²) in [5.41, 5.74) is 2.64. The summed E-state index contributed by atoms with van der Waals surface area (Å²) in [6.45, 7) is 4.12. The molecule has 1 aliphatic heterocycles. The van der Waals surface area contributed by atoms with Crippen molar-refractivity contribution in [2.24, 2.45) is 0 Å². The van der Waals surface area contributed by atoms with Crippen molar-refractivity contribution in [1.82, 2.24) is 14.8 Å². The second-order valence-corrected chi connectivity index (χ2v) is 6.72. The molecule has 2 amide bonds. The van der Waals surface area contributed by atoms with Gasteiger partial charge in [-0.1, -0.05) is 18.2 Å². The molecule has 6 nitrogen and oxygen atoms in total. The highest BCUT2D eigenvalue weighted by atomic mass is 16.3. The van der Waals surface area contributed by atoms with E-state index < -0.39 is 0 Å². The van der Waals surface area contributed by atoms with Gasteiger partial charge in [0.2, 0.25) is 0 Å². The van der Waals surface area contributed by atoms with E-state index >= 15 is 0 Å². The maximum absolute atomic E-state index is 12.9. The SMILES string of the molecule is Cc1nc2ccc(C(=O)N3CCCN(C(=O)c4ccccc4)CC3)cc2o1. The van der Waals surface area contributed by atoms with Crippen molar-refractivity contribution >= 4 is 22.9 Å². The minimum atomic E-state index is -0.0417. The third-order valence-electron chi connectivity index (χ3n) is 4.83. The van der Waals surface area contributed by atoms with Gasteiger partial charge in [-0.25, -0.2) is 4.98 Å². The number of benzene rings is 2. The second-order valence-electron chi connectivity index (χ2n) is 6.72. The van der Waals surface area contributed by atoms with E-state index in [0.29, 0.717) is 48.8 Å². The van der Waals surface area contributed by atoms with Crippen LogP contribution in [0.15, 0.2) is 52.9 Å². The highest BCUT2D eigenvalue weighted by Gasteiger charge is 2.24. The Morgan fingerprint density at radius 2 is 1.56 bits per heavy atom. The fraction of sp³-hybridized carbons (Fsp3) is 0.286. The van der Waals surface area contributed by atoms with Gasteiger partial charge in [0.05, 0.1) is 0 Å². The normalized spacial score (nSPS) is 15.0. The quantitative estimate of drug-likeness (QED) is 0.702. The van der Waals surface area contributed by atoms with E-state index in [2.05, 4.69) is 4.98 Å². The third kappa shape index (κ3) is 3.56. The minimum absolute atomic E-state index is 0.0171. The zero-order chi connectivity index (χ0) is 18.8. The molecule has 0 N–H and O–H groups in total. The Bertz CT molecular complexity index is 981. The molecule has 0 aliphatic carbocycles. The number of aromatic nitrogens is 1. The molecule has 0 saturated carbocycles. The number of hydrogen-bond acceptors (Lipinski definition) is 4. The molecule has 0 bridgehead atoms. The molecule has 1 aliphatic rings. The molecule has 27 heavy (non-hydrogen) atoms. The molecule has 138 valence electrons. The van der Waals surface area contributed by atoms with Gasteiger partial charge in [0.1, 0.15) is 5.52 Å². The first-order chi connectivity index (χ1) is 13.1. The van der Waals surface area contributed by atoms with Crippen LogP contribution in [0.2, 0.25) is 0 Å². The summed E-state index contributed by atoms with van der Waals surface area (Å²) in [6.07, 6.45) is 0.758. The predicted molar refractivity (Wildman–Crippen MR) is 102 cm³/mol. The van der Waals surface area contributed by atoms with Crippen molar-refractivity contribution in [3.05, 3.63) is 65.5 Å². The van der Waals surface area contributed by atoms with Gasteiger partial charge in [0.15, 0.2) is 11.5 Å². The lowest BCUT2D eigenvalue weighted by atomic mass is 10.1. The van der Waals surface area contributed by atoms with Crippen LogP contribution in [-0.4, -0.2) is 52.8 Å². The van der Waals surface area contributed by atoms with Gasteiger partial charge in [-0.2, -0.15) is 0 Å². The molecule has 1 aromatic heterocycles. The standard InChI is InChI=1S/C21H21N3O3/c1-15-22-18-9-8-17(14-19(18)27-15)21(26)24-11-5-10-23(12-13-24)20(25)16-6-3-2-4-7-16/h2-4,6-9,14H,5,10-13H2,1H3. The molecular formula is C21H21N3O3. The average molecular weight is 363 g/mol. The lowest BCUT2D eigenvalue weighted by Crippen LogP contribution is -2.37. The molecule has 2 heterocycles. The Labute approximate surface area is 157 Å². The number of hydrogen-bond donors (Lipinski definition) is 0. The van der Waals surface area contributed by atoms with Crippen LogP contribution in [0.3, 0.4) is 0 Å². The van der Waals surface area contributed by atoms with Crippen LogP contribution in [0.5, 0.6) is 0 Å². The van der Waals surface area contributed by atoms with E-state index in [1.807, 2.05) is 46.2 Å². The van der Waals surface area contributed by atoms with Crippen molar-refractivity contribution < 1.29 is 14.0 Å². The minimum Gasteiger partial charge on any atom is -0.441 e. The molecule has 0 unspecified atom stereocenters. The molecule has 2 aromatic carbocycles. The number of carbonyl (C=O) groups is 2. The van der Waals surface area contributed by atoms with Crippen LogP contribution in [0.25, 0.3) is 11.1 Å². The number of nitrogens with zero attached hydrogens (tertiary/aromatic N) is 3. The van der Waals surface area contributed by atoms with Crippen molar-refractivity contribution in [3.8, 4) is 0 Å². The summed E-state index contributed by atoms with van der Waals surface area (Å²) in [5.74, 6) is 0.558. The molecular weight excluding hydrogens is 342 g/mol. The zero-order valence-electron chi connectivity index (χ0n) is 15.2. The lowest BCUT2D eigenvalue weighted by molar-refractivity contribution is 0.0719. The Kier molecular flexibility index (Phi) is 4.62. The van der Waals surface area contributed by atoms with Crippen LogP contribution in [0.1, 0.15) is 33.0 Å². The summed E-state index contributed by atoms with van der Waals surface area (Å²) in [5, 5.41) is 0. The molecule has 1 fully saturated rings. The van der Waals surface area contributed by atoms with Gasteiger partial charge < -0.3 is 14.2 Å². The smallest absolute Gasteiger partial charge is 0.254 e. The van der Waals surface area contributed by atoms with Crippen molar-refractivity contribution in [2.45, 2.75) is 13.3 Å². The summed E-state index contributed by atoms with van der Waals surface area (Å²) < 4.78 is 5.53. The average Bonchev–Trinajstić information content (AvgIpc) is 2.90. The molecule has 0 radical (unpaired) electrons. The van der Waals surface area contributed by atoms with E-state index in [4.69, 9.17) is 4.42 Å². The summed E-state index contributed by atoms with van der Waals surface area (Å²) in [7, 11) is 0. The molecule has 0 atom stereocenters. The van der Waals surface area contributed by atoms with E-state index in [9.17, 15) is 9.59 Å². The van der Waals surface area contributed by atoms with Gasteiger partial charge >= 0.3 is 0 Å². The maximum Gasteiger partial charge on any atom is 0.254 e. The van der Waals surface area contributed by atoms with E-state index in [-0.39, 0.29) is 11.8 Å². The monoisotopic (exact) mass is 363 g/mol. The van der Waals surface area contributed by atoms with Crippen molar-refractivity contribution in [1.29, 1.82) is 0 Å². The highest BCUT2D eigenvalue weighted by molar-refractivity contribution is 5.97. The predicted octanol–water partition coefficient (Wildman–Crippen LogP) is 3.12. The first kappa shape index (κ1) is 17.3. The third-order valence-corrected chi connectivity index (χ3v) is 4.83. The fourth-order valence-electron chi connectivity index (χ4n) is 3.44. The number of rotatable bonds is 2. The topological polar surface area (TPSA) is 66.7 Å². The fourth-order valence-corrected chi connectivity index (χ4v) is 3.44. The number of aryl methyl sites for hydroxylation is 1. The second kappa shape index (κ2) is 7.23. The van der Waals surface area contributed by atoms with Crippen molar-refractivity contribution in [2.75, 3.05) is 26.2 Å². The van der Waals surface area contributed by atoms with Crippen molar-refractivity contribution in [3.63, 3.8) is 0 Å². The van der Waals surface area contributed by atoms with Crippen LogP contribution >= 0.6 is 0 Å². The largest absolute Gasteiger partial charge is 0.441 e. The van der Waals surface area contributed by atoms with Crippen LogP contribution in [0, 0.1) is 6.92 Å². The highest BCUT2D eigenvalue weighted by Crippen LogP contribution is 2.19.